The third kappa shape index (κ3) is 2.12. The smallest absolute Gasteiger partial charge is 0.335 e. The van der Waals surface area contributed by atoms with E-state index >= 15 is 0 Å². The summed E-state index contributed by atoms with van der Waals surface area (Å²) in [4.78, 5) is 13.2. The molecule has 0 amide bonds. The van der Waals surface area contributed by atoms with E-state index in [9.17, 15) is 4.79 Å². The molecule has 3 rings (SSSR count). The number of hydrogen-bond donors (Lipinski definition) is 1. The summed E-state index contributed by atoms with van der Waals surface area (Å²) in [6.07, 6.45) is 2.92. The van der Waals surface area contributed by atoms with Crippen molar-refractivity contribution in [3.8, 4) is 0 Å². The van der Waals surface area contributed by atoms with E-state index in [4.69, 9.17) is 9.84 Å². The Kier molecular flexibility index (Phi) is 3.03. The number of carboxylic acids is 1. The number of hydrogen-bond acceptors (Lipinski definition) is 3. The summed E-state index contributed by atoms with van der Waals surface area (Å²) in [6.45, 7) is 1.78. The molecule has 2 fully saturated rings. The van der Waals surface area contributed by atoms with Crippen LogP contribution in [0.4, 0.5) is 5.69 Å². The van der Waals surface area contributed by atoms with Gasteiger partial charge in [-0.3, -0.25) is 0 Å². The highest BCUT2D eigenvalue weighted by atomic mass is 79.9. The summed E-state index contributed by atoms with van der Waals surface area (Å²) >= 11 is 3.47. The minimum atomic E-state index is -0.899. The molecule has 2 heterocycles. The topological polar surface area (TPSA) is 49.8 Å². The zero-order valence-electron chi connectivity index (χ0n) is 9.80. The predicted octanol–water partition coefficient (Wildman–Crippen LogP) is 2.51. The number of fused-ring (bicyclic) bond motifs is 2. The number of carboxylic acid groups (broad SMARTS) is 1. The molecule has 2 saturated heterocycles. The maximum atomic E-state index is 10.9. The van der Waals surface area contributed by atoms with Gasteiger partial charge in [-0.1, -0.05) is 0 Å². The Morgan fingerprint density at radius 2 is 2.00 bits per heavy atom. The van der Waals surface area contributed by atoms with Crippen LogP contribution in [0.15, 0.2) is 22.7 Å². The summed E-state index contributed by atoms with van der Waals surface area (Å²) in [7, 11) is 0. The van der Waals surface area contributed by atoms with E-state index in [1.54, 1.807) is 12.1 Å². The highest BCUT2D eigenvalue weighted by Gasteiger charge is 2.34. The van der Waals surface area contributed by atoms with Gasteiger partial charge >= 0.3 is 5.97 Å². The Hall–Kier alpha value is -1.07. The Labute approximate surface area is 114 Å². The molecule has 2 atom stereocenters. The van der Waals surface area contributed by atoms with Crippen LogP contribution in [0.1, 0.15) is 23.2 Å². The molecule has 1 N–H and O–H groups in total. The zero-order chi connectivity index (χ0) is 12.7. The Morgan fingerprint density at radius 1 is 1.33 bits per heavy atom. The van der Waals surface area contributed by atoms with Gasteiger partial charge in [0.15, 0.2) is 0 Å². The molecule has 96 valence electrons. The normalized spacial score (nSPS) is 26.4. The van der Waals surface area contributed by atoms with Crippen LogP contribution < -0.4 is 4.90 Å². The van der Waals surface area contributed by atoms with Crippen LogP contribution in [0.5, 0.6) is 0 Å². The zero-order valence-corrected chi connectivity index (χ0v) is 11.4. The fourth-order valence-electron chi connectivity index (χ4n) is 2.71. The number of anilines is 1. The number of ether oxygens (including phenoxy) is 1. The van der Waals surface area contributed by atoms with Gasteiger partial charge in [0.2, 0.25) is 0 Å². The summed E-state index contributed by atoms with van der Waals surface area (Å²) in [5, 5.41) is 8.95. The van der Waals surface area contributed by atoms with Crippen molar-refractivity contribution in [2.45, 2.75) is 25.0 Å². The average molecular weight is 312 g/mol. The van der Waals surface area contributed by atoms with Crippen LogP contribution in [-0.4, -0.2) is 36.4 Å². The lowest BCUT2D eigenvalue weighted by atomic mass is 10.2. The highest BCUT2D eigenvalue weighted by Crippen LogP contribution is 2.33. The van der Waals surface area contributed by atoms with Crippen LogP contribution >= 0.6 is 15.9 Å². The standard InChI is InChI=1S/C13H14BrNO3/c14-11-5-8(13(16)17)1-4-12(11)15-6-9-2-3-10(7-15)18-9/h1,4-5,9-10H,2-3,6-7H2,(H,16,17). The van der Waals surface area contributed by atoms with Gasteiger partial charge in [0.05, 0.1) is 23.5 Å². The number of rotatable bonds is 2. The number of morpholine rings is 1. The first-order chi connectivity index (χ1) is 8.63. The molecule has 0 saturated carbocycles. The Bertz CT molecular complexity index is 479. The van der Waals surface area contributed by atoms with Gasteiger partial charge in [-0.05, 0) is 47.0 Å². The van der Waals surface area contributed by atoms with Crippen molar-refractivity contribution >= 4 is 27.6 Å². The molecule has 2 unspecified atom stereocenters. The number of halogens is 1. The first kappa shape index (κ1) is 12.0. The molecule has 2 aliphatic rings. The molecular weight excluding hydrogens is 298 g/mol. The van der Waals surface area contributed by atoms with Gasteiger partial charge in [0.25, 0.3) is 0 Å². The van der Waals surface area contributed by atoms with E-state index < -0.39 is 5.97 Å². The SMILES string of the molecule is O=C(O)c1ccc(N2CC3CCC(C2)O3)c(Br)c1. The van der Waals surface area contributed by atoms with Crippen molar-refractivity contribution in [2.24, 2.45) is 0 Å². The molecule has 1 aromatic carbocycles. The molecule has 0 aliphatic carbocycles. The van der Waals surface area contributed by atoms with Crippen molar-refractivity contribution in [1.82, 2.24) is 0 Å². The highest BCUT2D eigenvalue weighted by molar-refractivity contribution is 9.10. The van der Waals surface area contributed by atoms with Crippen molar-refractivity contribution in [1.29, 1.82) is 0 Å². The van der Waals surface area contributed by atoms with Crippen molar-refractivity contribution in [3.05, 3.63) is 28.2 Å². The van der Waals surface area contributed by atoms with Gasteiger partial charge in [0.1, 0.15) is 0 Å². The molecule has 0 aromatic heterocycles. The molecule has 2 bridgehead atoms. The van der Waals surface area contributed by atoms with Crippen molar-refractivity contribution in [2.75, 3.05) is 18.0 Å². The monoisotopic (exact) mass is 311 g/mol. The van der Waals surface area contributed by atoms with E-state index in [2.05, 4.69) is 20.8 Å². The molecule has 0 radical (unpaired) electrons. The number of benzene rings is 1. The number of nitrogens with zero attached hydrogens (tertiary/aromatic N) is 1. The molecule has 4 nitrogen and oxygen atoms in total. The number of carbonyl (C=O) groups is 1. The second kappa shape index (κ2) is 4.55. The van der Waals surface area contributed by atoms with Crippen LogP contribution in [0, 0.1) is 0 Å². The van der Waals surface area contributed by atoms with Crippen molar-refractivity contribution < 1.29 is 14.6 Å². The van der Waals surface area contributed by atoms with Gasteiger partial charge < -0.3 is 14.7 Å². The van der Waals surface area contributed by atoms with Gasteiger partial charge in [-0.15, -0.1) is 0 Å². The maximum Gasteiger partial charge on any atom is 0.335 e. The van der Waals surface area contributed by atoms with Crippen LogP contribution in [0.3, 0.4) is 0 Å². The first-order valence-corrected chi connectivity index (χ1v) is 6.86. The maximum absolute atomic E-state index is 10.9. The molecular formula is C13H14BrNO3. The van der Waals surface area contributed by atoms with E-state index in [0.717, 1.165) is 36.1 Å². The second-order valence-electron chi connectivity index (χ2n) is 4.83. The van der Waals surface area contributed by atoms with Crippen LogP contribution in [0.2, 0.25) is 0 Å². The lowest BCUT2D eigenvalue weighted by Gasteiger charge is -2.34. The van der Waals surface area contributed by atoms with Gasteiger partial charge in [0, 0.05) is 17.6 Å². The predicted molar refractivity (Wildman–Crippen MR) is 71.2 cm³/mol. The second-order valence-corrected chi connectivity index (χ2v) is 5.69. The number of aromatic carboxylic acids is 1. The minimum Gasteiger partial charge on any atom is -0.478 e. The molecule has 18 heavy (non-hydrogen) atoms. The Balaban J connectivity index is 1.86. The minimum absolute atomic E-state index is 0.307. The van der Waals surface area contributed by atoms with Gasteiger partial charge in [-0.2, -0.15) is 0 Å². The average Bonchev–Trinajstić information content (AvgIpc) is 2.68. The largest absolute Gasteiger partial charge is 0.478 e. The van der Waals surface area contributed by atoms with E-state index in [1.165, 1.54) is 0 Å². The van der Waals surface area contributed by atoms with Crippen molar-refractivity contribution in [3.63, 3.8) is 0 Å². The lowest BCUT2D eigenvalue weighted by molar-refractivity contribution is 0.0304. The van der Waals surface area contributed by atoms with Gasteiger partial charge in [-0.25, -0.2) is 4.79 Å². The molecule has 1 aromatic rings. The van der Waals surface area contributed by atoms with Crippen LogP contribution in [-0.2, 0) is 4.74 Å². The molecule has 2 aliphatic heterocycles. The molecule has 5 heteroatoms. The summed E-state index contributed by atoms with van der Waals surface area (Å²) in [5.41, 5.74) is 1.36. The van der Waals surface area contributed by atoms with E-state index in [1.807, 2.05) is 6.07 Å². The summed E-state index contributed by atoms with van der Waals surface area (Å²) < 4.78 is 6.64. The van der Waals surface area contributed by atoms with E-state index in [0.29, 0.717) is 17.8 Å². The van der Waals surface area contributed by atoms with Crippen LogP contribution in [0.25, 0.3) is 0 Å². The Morgan fingerprint density at radius 3 is 2.56 bits per heavy atom. The summed E-state index contributed by atoms with van der Waals surface area (Å²) in [6, 6.07) is 5.19. The first-order valence-electron chi connectivity index (χ1n) is 6.07. The lowest BCUT2D eigenvalue weighted by Crippen LogP contribution is -2.42. The third-order valence-electron chi connectivity index (χ3n) is 3.58. The van der Waals surface area contributed by atoms with E-state index in [-0.39, 0.29) is 0 Å². The molecule has 0 spiro atoms. The fourth-order valence-corrected chi connectivity index (χ4v) is 3.34. The quantitative estimate of drug-likeness (QED) is 0.912. The fraction of sp³-hybridized carbons (Fsp3) is 0.462. The summed E-state index contributed by atoms with van der Waals surface area (Å²) in [5.74, 6) is -0.899. The third-order valence-corrected chi connectivity index (χ3v) is 4.21.